The largest absolute Gasteiger partial charge is 0.490 e. The van der Waals surface area contributed by atoms with E-state index in [2.05, 4.69) is 10.5 Å². The van der Waals surface area contributed by atoms with Crippen LogP contribution in [-0.4, -0.2) is 25.3 Å². The molecule has 0 aliphatic heterocycles. The van der Waals surface area contributed by atoms with Crippen LogP contribution < -0.4 is 24.4 Å². The number of amides is 1. The Bertz CT molecular complexity index is 1440. The first-order valence-electron chi connectivity index (χ1n) is 13.0. The molecular formula is C32H31ClN2O5. The van der Waals surface area contributed by atoms with Crippen LogP contribution in [0.25, 0.3) is 0 Å². The molecule has 4 aromatic rings. The van der Waals surface area contributed by atoms with Crippen LogP contribution in [0.1, 0.15) is 40.9 Å². The number of hydrazone groups is 1. The summed E-state index contributed by atoms with van der Waals surface area (Å²) in [5.74, 6) is 1.85. The summed E-state index contributed by atoms with van der Waals surface area (Å²) in [6.07, 6.45) is 1.54. The highest BCUT2D eigenvalue weighted by Gasteiger charge is 2.12. The SMILES string of the molecule is CCOc1cc(/C=N/NC(=O)c2ccc(OCc3ccccc3)c(OCC)c2)ccc1OCc1cccc(Cl)c1. The molecule has 206 valence electrons. The van der Waals surface area contributed by atoms with E-state index in [-0.39, 0.29) is 5.91 Å². The van der Waals surface area contributed by atoms with E-state index < -0.39 is 0 Å². The summed E-state index contributed by atoms with van der Waals surface area (Å²) in [5.41, 5.74) is 5.68. The molecule has 1 N–H and O–H groups in total. The fourth-order valence-corrected chi connectivity index (χ4v) is 4.00. The highest BCUT2D eigenvalue weighted by molar-refractivity contribution is 6.30. The van der Waals surface area contributed by atoms with Crippen LogP contribution in [0.2, 0.25) is 5.02 Å². The van der Waals surface area contributed by atoms with Crippen molar-refractivity contribution in [2.75, 3.05) is 13.2 Å². The van der Waals surface area contributed by atoms with Crippen LogP contribution in [0.3, 0.4) is 0 Å². The van der Waals surface area contributed by atoms with Gasteiger partial charge in [0.2, 0.25) is 0 Å². The summed E-state index contributed by atoms with van der Waals surface area (Å²) in [6, 6.07) is 27.8. The van der Waals surface area contributed by atoms with E-state index in [1.165, 1.54) is 0 Å². The number of carbonyl (C=O) groups excluding carboxylic acids is 1. The van der Waals surface area contributed by atoms with E-state index in [0.717, 1.165) is 16.7 Å². The molecule has 1 amide bonds. The number of ether oxygens (including phenoxy) is 4. The summed E-state index contributed by atoms with van der Waals surface area (Å²) in [6.45, 7) is 5.43. The van der Waals surface area contributed by atoms with Crippen molar-refractivity contribution in [1.82, 2.24) is 5.43 Å². The van der Waals surface area contributed by atoms with Gasteiger partial charge in [0.25, 0.3) is 5.91 Å². The second-order valence-electron chi connectivity index (χ2n) is 8.63. The smallest absolute Gasteiger partial charge is 0.271 e. The minimum atomic E-state index is -0.377. The normalized spacial score (nSPS) is 10.8. The van der Waals surface area contributed by atoms with Crippen molar-refractivity contribution in [3.8, 4) is 23.0 Å². The average Bonchev–Trinajstić information content (AvgIpc) is 2.97. The monoisotopic (exact) mass is 558 g/mol. The van der Waals surface area contributed by atoms with Crippen LogP contribution in [0, 0.1) is 0 Å². The number of nitrogens with zero attached hydrogens (tertiary/aromatic N) is 1. The lowest BCUT2D eigenvalue weighted by Crippen LogP contribution is -2.17. The molecule has 0 bridgehead atoms. The van der Waals surface area contributed by atoms with Crippen molar-refractivity contribution in [2.24, 2.45) is 5.10 Å². The van der Waals surface area contributed by atoms with Crippen molar-refractivity contribution >= 4 is 23.7 Å². The fourth-order valence-electron chi connectivity index (χ4n) is 3.78. The Labute approximate surface area is 239 Å². The number of carbonyl (C=O) groups is 1. The zero-order chi connectivity index (χ0) is 28.2. The molecule has 0 atom stereocenters. The van der Waals surface area contributed by atoms with Crippen molar-refractivity contribution < 1.29 is 23.7 Å². The van der Waals surface area contributed by atoms with Gasteiger partial charge in [-0.05, 0) is 79.1 Å². The molecule has 0 aliphatic rings. The second-order valence-corrected chi connectivity index (χ2v) is 9.06. The molecule has 0 heterocycles. The van der Waals surface area contributed by atoms with Crippen LogP contribution in [0.4, 0.5) is 0 Å². The third-order valence-electron chi connectivity index (χ3n) is 5.67. The zero-order valence-electron chi connectivity index (χ0n) is 22.4. The third kappa shape index (κ3) is 8.25. The van der Waals surface area contributed by atoms with E-state index in [0.29, 0.717) is 60.0 Å². The molecule has 0 fully saturated rings. The topological polar surface area (TPSA) is 78.4 Å². The van der Waals surface area contributed by atoms with Crippen molar-refractivity contribution in [3.05, 3.63) is 118 Å². The first kappa shape index (κ1) is 28.5. The lowest BCUT2D eigenvalue weighted by atomic mass is 10.2. The van der Waals surface area contributed by atoms with Gasteiger partial charge in [-0.25, -0.2) is 5.43 Å². The maximum atomic E-state index is 12.8. The quantitative estimate of drug-likeness (QED) is 0.140. The van der Waals surface area contributed by atoms with Gasteiger partial charge in [0.15, 0.2) is 23.0 Å². The summed E-state index contributed by atoms with van der Waals surface area (Å²) >= 11 is 6.06. The van der Waals surface area contributed by atoms with Gasteiger partial charge in [0.1, 0.15) is 13.2 Å². The average molecular weight is 559 g/mol. The van der Waals surface area contributed by atoms with Crippen LogP contribution in [-0.2, 0) is 13.2 Å². The maximum absolute atomic E-state index is 12.8. The Kier molecular flexibility index (Phi) is 10.4. The molecule has 7 nitrogen and oxygen atoms in total. The number of benzene rings is 4. The van der Waals surface area contributed by atoms with Gasteiger partial charge < -0.3 is 18.9 Å². The minimum absolute atomic E-state index is 0.351. The van der Waals surface area contributed by atoms with Gasteiger partial charge in [-0.15, -0.1) is 0 Å². The number of rotatable bonds is 13. The predicted molar refractivity (Wildman–Crippen MR) is 157 cm³/mol. The molecule has 0 radical (unpaired) electrons. The van der Waals surface area contributed by atoms with Gasteiger partial charge in [-0.1, -0.05) is 54.1 Å². The van der Waals surface area contributed by atoms with Gasteiger partial charge in [0, 0.05) is 10.6 Å². The van der Waals surface area contributed by atoms with E-state index in [4.69, 9.17) is 30.5 Å². The molecule has 0 aliphatic carbocycles. The van der Waals surface area contributed by atoms with Crippen molar-refractivity contribution in [2.45, 2.75) is 27.1 Å². The highest BCUT2D eigenvalue weighted by atomic mass is 35.5. The maximum Gasteiger partial charge on any atom is 0.271 e. The Balaban J connectivity index is 1.38. The minimum Gasteiger partial charge on any atom is -0.490 e. The number of nitrogens with one attached hydrogen (secondary N) is 1. The number of halogens is 1. The molecule has 0 spiro atoms. The Hall–Kier alpha value is -4.49. The first-order valence-corrected chi connectivity index (χ1v) is 13.3. The molecule has 40 heavy (non-hydrogen) atoms. The molecule has 0 aromatic heterocycles. The molecule has 0 unspecified atom stereocenters. The third-order valence-corrected chi connectivity index (χ3v) is 5.91. The molecule has 8 heteroatoms. The Morgan fingerprint density at radius 3 is 2.08 bits per heavy atom. The summed E-state index contributed by atoms with van der Waals surface area (Å²) < 4.78 is 23.3. The first-order chi connectivity index (χ1) is 19.6. The summed E-state index contributed by atoms with van der Waals surface area (Å²) in [5, 5.41) is 4.77. The lowest BCUT2D eigenvalue weighted by Gasteiger charge is -2.13. The lowest BCUT2D eigenvalue weighted by molar-refractivity contribution is 0.0954. The van der Waals surface area contributed by atoms with Crippen LogP contribution >= 0.6 is 11.6 Å². The van der Waals surface area contributed by atoms with Crippen LogP contribution in [0.15, 0.2) is 96.1 Å². The number of hydrogen-bond acceptors (Lipinski definition) is 6. The van der Waals surface area contributed by atoms with E-state index in [9.17, 15) is 4.79 Å². The molecule has 0 saturated heterocycles. The highest BCUT2D eigenvalue weighted by Crippen LogP contribution is 2.30. The zero-order valence-corrected chi connectivity index (χ0v) is 23.2. The molecule has 4 aromatic carbocycles. The van der Waals surface area contributed by atoms with E-state index >= 15 is 0 Å². The van der Waals surface area contributed by atoms with Crippen molar-refractivity contribution in [1.29, 1.82) is 0 Å². The molecule has 4 rings (SSSR count). The van der Waals surface area contributed by atoms with Gasteiger partial charge in [-0.2, -0.15) is 5.10 Å². The summed E-state index contributed by atoms with van der Waals surface area (Å²) in [7, 11) is 0. The van der Waals surface area contributed by atoms with Gasteiger partial charge in [0.05, 0.1) is 19.4 Å². The Morgan fingerprint density at radius 2 is 1.38 bits per heavy atom. The van der Waals surface area contributed by atoms with E-state index in [1.54, 1.807) is 36.5 Å². The predicted octanol–water partition coefficient (Wildman–Crippen LogP) is 7.06. The van der Waals surface area contributed by atoms with E-state index in [1.807, 2.05) is 74.5 Å². The summed E-state index contributed by atoms with van der Waals surface area (Å²) in [4.78, 5) is 12.8. The molecular weight excluding hydrogens is 528 g/mol. The number of hydrogen-bond donors (Lipinski definition) is 1. The molecule has 0 saturated carbocycles. The fraction of sp³-hybridized carbons (Fsp3) is 0.188. The standard InChI is InChI=1S/C32H31ClN2O5/c1-3-37-30-18-24(13-15-28(30)40-22-25-11-8-12-27(33)17-25)20-34-35-32(36)26-14-16-29(31(19-26)38-4-2)39-21-23-9-6-5-7-10-23/h5-20H,3-4,21-22H2,1-2H3,(H,35,36)/b34-20+. The van der Waals surface area contributed by atoms with Crippen LogP contribution in [0.5, 0.6) is 23.0 Å². The Morgan fingerprint density at radius 1 is 0.725 bits per heavy atom. The van der Waals surface area contributed by atoms with Crippen molar-refractivity contribution in [3.63, 3.8) is 0 Å². The second kappa shape index (κ2) is 14.6. The van der Waals surface area contributed by atoms with Gasteiger partial charge in [-0.3, -0.25) is 4.79 Å². The van der Waals surface area contributed by atoms with Gasteiger partial charge >= 0.3 is 0 Å².